The SMILES string of the molecule is CC1=C(Nc2cc3nc4c(n(-c5ccc(C)cc5)c-3cc2=NC2CC2)=CCCC=4)CCC=N1. The number of allylic oxidation sites excluding steroid dienone is 2. The van der Waals surface area contributed by atoms with Gasteiger partial charge in [0.05, 0.1) is 44.9 Å². The van der Waals surface area contributed by atoms with Gasteiger partial charge in [-0.1, -0.05) is 29.8 Å². The van der Waals surface area contributed by atoms with Crippen LogP contribution in [0.2, 0.25) is 0 Å². The summed E-state index contributed by atoms with van der Waals surface area (Å²) in [5.74, 6) is 0. The lowest BCUT2D eigenvalue weighted by Crippen LogP contribution is -2.40. The quantitative estimate of drug-likeness (QED) is 0.667. The lowest BCUT2D eigenvalue weighted by molar-refractivity contribution is 0.909. The van der Waals surface area contributed by atoms with Gasteiger partial charge in [-0.25, -0.2) is 4.98 Å². The van der Waals surface area contributed by atoms with Crippen LogP contribution in [0.25, 0.3) is 29.2 Å². The summed E-state index contributed by atoms with van der Waals surface area (Å²) in [6, 6.07) is 13.6. The van der Waals surface area contributed by atoms with Gasteiger partial charge in [-0.15, -0.1) is 0 Å². The third-order valence-electron chi connectivity index (χ3n) is 6.61. The second-order valence-corrected chi connectivity index (χ2v) is 9.30. The monoisotopic (exact) mass is 435 g/mol. The summed E-state index contributed by atoms with van der Waals surface area (Å²) in [5.41, 5.74) is 7.76. The van der Waals surface area contributed by atoms with Gasteiger partial charge in [0.25, 0.3) is 0 Å². The Morgan fingerprint density at radius 1 is 1.00 bits per heavy atom. The Morgan fingerprint density at radius 3 is 2.61 bits per heavy atom. The Bertz CT molecular complexity index is 1450. The van der Waals surface area contributed by atoms with E-state index in [4.69, 9.17) is 9.98 Å². The first kappa shape index (κ1) is 20.2. The zero-order chi connectivity index (χ0) is 22.4. The van der Waals surface area contributed by atoms with Gasteiger partial charge in [-0.3, -0.25) is 9.98 Å². The maximum Gasteiger partial charge on any atom is 0.0900 e. The first-order valence-electron chi connectivity index (χ1n) is 12.0. The Kier molecular flexibility index (Phi) is 4.97. The molecule has 5 aliphatic rings. The summed E-state index contributed by atoms with van der Waals surface area (Å²) in [4.78, 5) is 14.7. The number of rotatable bonds is 4. The fourth-order valence-corrected chi connectivity index (χ4v) is 4.62. The Morgan fingerprint density at radius 2 is 1.82 bits per heavy atom. The molecule has 0 aromatic heterocycles. The summed E-state index contributed by atoms with van der Waals surface area (Å²) >= 11 is 0. The van der Waals surface area contributed by atoms with E-state index in [9.17, 15) is 0 Å². The number of benzene rings is 2. The predicted molar refractivity (Wildman–Crippen MR) is 135 cm³/mol. The molecule has 1 aromatic rings. The highest BCUT2D eigenvalue weighted by atomic mass is 15.0. The third-order valence-corrected chi connectivity index (χ3v) is 6.61. The van der Waals surface area contributed by atoms with Crippen molar-refractivity contribution < 1.29 is 0 Å². The summed E-state index contributed by atoms with van der Waals surface area (Å²) < 4.78 is 2.36. The van der Waals surface area contributed by atoms with Crippen molar-refractivity contribution in [2.75, 3.05) is 5.32 Å². The molecule has 5 nitrogen and oxygen atoms in total. The fourth-order valence-electron chi connectivity index (χ4n) is 4.62. The average Bonchev–Trinajstić information content (AvgIpc) is 3.64. The minimum atomic E-state index is 0.431. The van der Waals surface area contributed by atoms with Crippen LogP contribution in [-0.4, -0.2) is 21.8 Å². The number of hydrogen-bond acceptors (Lipinski definition) is 4. The predicted octanol–water partition coefficient (Wildman–Crippen LogP) is 4.21. The molecule has 3 aliphatic carbocycles. The molecule has 33 heavy (non-hydrogen) atoms. The molecule has 2 heterocycles. The van der Waals surface area contributed by atoms with E-state index < -0.39 is 0 Å². The van der Waals surface area contributed by atoms with Crippen molar-refractivity contribution in [2.24, 2.45) is 9.98 Å². The maximum atomic E-state index is 5.09. The molecular formula is C28H29N5. The van der Waals surface area contributed by atoms with Crippen molar-refractivity contribution in [3.8, 4) is 17.1 Å². The van der Waals surface area contributed by atoms with Gasteiger partial charge in [0.1, 0.15) is 0 Å². The molecular weight excluding hydrogens is 406 g/mol. The van der Waals surface area contributed by atoms with Gasteiger partial charge in [0, 0.05) is 17.6 Å². The van der Waals surface area contributed by atoms with Crippen LogP contribution in [0.5, 0.6) is 0 Å². The second-order valence-electron chi connectivity index (χ2n) is 9.30. The Hall–Kier alpha value is -3.47. The van der Waals surface area contributed by atoms with Crippen molar-refractivity contribution in [3.63, 3.8) is 0 Å². The van der Waals surface area contributed by atoms with Crippen LogP contribution >= 0.6 is 0 Å². The van der Waals surface area contributed by atoms with E-state index in [2.05, 4.69) is 77.3 Å². The molecule has 1 saturated carbocycles. The molecule has 0 radical (unpaired) electrons. The highest BCUT2D eigenvalue weighted by Crippen LogP contribution is 2.27. The number of nitrogens with zero attached hydrogens (tertiary/aromatic N) is 4. The minimum absolute atomic E-state index is 0.431. The van der Waals surface area contributed by atoms with Crippen LogP contribution in [0, 0.1) is 6.92 Å². The molecule has 0 unspecified atom stereocenters. The molecule has 6 rings (SSSR count). The number of nitrogens with one attached hydrogen (secondary N) is 1. The van der Waals surface area contributed by atoms with Gasteiger partial charge < -0.3 is 9.88 Å². The molecule has 1 aromatic carbocycles. The molecule has 0 amide bonds. The van der Waals surface area contributed by atoms with Crippen LogP contribution in [0.4, 0.5) is 5.69 Å². The van der Waals surface area contributed by atoms with E-state index in [1.807, 2.05) is 6.21 Å². The molecule has 0 atom stereocenters. The Balaban J connectivity index is 1.63. The largest absolute Gasteiger partial charge is 0.356 e. The zero-order valence-corrected chi connectivity index (χ0v) is 19.3. The van der Waals surface area contributed by atoms with Gasteiger partial charge in [0.2, 0.25) is 0 Å². The lowest BCUT2D eigenvalue weighted by atomic mass is 10.1. The summed E-state index contributed by atoms with van der Waals surface area (Å²) in [7, 11) is 0. The minimum Gasteiger partial charge on any atom is -0.356 e. The van der Waals surface area contributed by atoms with Gasteiger partial charge in [0.15, 0.2) is 0 Å². The van der Waals surface area contributed by atoms with Crippen molar-refractivity contribution in [1.82, 2.24) is 9.55 Å². The summed E-state index contributed by atoms with van der Waals surface area (Å²) in [6.45, 7) is 4.20. The van der Waals surface area contributed by atoms with Crippen LogP contribution in [-0.2, 0) is 0 Å². The van der Waals surface area contributed by atoms with Crippen LogP contribution in [0.15, 0.2) is 57.8 Å². The second kappa shape index (κ2) is 8.14. The zero-order valence-electron chi connectivity index (χ0n) is 19.3. The standard InChI is InChI=1S/C28H29N5/c1-18-9-13-21(14-10-18)33-27-8-4-3-6-23(27)32-26-16-24(31-22-7-5-15-29-19(22)2)25(17-28(26)33)30-20-11-12-20/h6,8-10,13-17,20,31H,3-5,7,11-12H2,1-2H3. The molecule has 5 heteroatoms. The molecule has 2 aliphatic heterocycles. The lowest BCUT2D eigenvalue weighted by Gasteiger charge is -2.21. The van der Waals surface area contributed by atoms with Crippen molar-refractivity contribution in [1.29, 1.82) is 0 Å². The molecule has 0 spiro atoms. The number of anilines is 1. The van der Waals surface area contributed by atoms with Crippen LogP contribution in [0.1, 0.15) is 51.0 Å². The summed E-state index contributed by atoms with van der Waals surface area (Å²) in [5, 5.41) is 6.93. The van der Waals surface area contributed by atoms with E-state index in [0.717, 1.165) is 64.8 Å². The normalized spacial score (nSPS) is 18.2. The molecule has 0 saturated heterocycles. The summed E-state index contributed by atoms with van der Waals surface area (Å²) in [6.07, 6.45) is 12.9. The van der Waals surface area contributed by atoms with E-state index in [-0.39, 0.29) is 0 Å². The van der Waals surface area contributed by atoms with Gasteiger partial charge in [-0.05, 0) is 76.6 Å². The molecule has 0 bridgehead atoms. The van der Waals surface area contributed by atoms with Crippen LogP contribution < -0.4 is 21.4 Å². The number of fused-ring (bicyclic) bond motifs is 2. The van der Waals surface area contributed by atoms with E-state index in [0.29, 0.717) is 6.04 Å². The van der Waals surface area contributed by atoms with Crippen LogP contribution in [0.3, 0.4) is 0 Å². The number of hydrogen-bond donors (Lipinski definition) is 1. The highest BCUT2D eigenvalue weighted by Gasteiger charge is 2.22. The van der Waals surface area contributed by atoms with E-state index >= 15 is 0 Å². The Labute approximate surface area is 194 Å². The number of aromatic nitrogens is 2. The van der Waals surface area contributed by atoms with Crippen molar-refractivity contribution in [3.05, 3.63) is 69.4 Å². The number of aliphatic imine (C=N–C) groups is 1. The molecule has 1 N–H and O–H groups in total. The molecule has 1 fully saturated rings. The van der Waals surface area contributed by atoms with E-state index in [1.165, 1.54) is 29.5 Å². The topological polar surface area (TPSA) is 54.6 Å². The smallest absolute Gasteiger partial charge is 0.0900 e. The van der Waals surface area contributed by atoms with Gasteiger partial charge >= 0.3 is 0 Å². The fraction of sp³-hybridized carbons (Fsp3) is 0.321. The third kappa shape index (κ3) is 3.92. The maximum absolute atomic E-state index is 5.09. The molecule has 166 valence electrons. The number of aryl methyl sites for hydroxylation is 1. The highest BCUT2D eigenvalue weighted by molar-refractivity contribution is 5.69. The average molecular weight is 436 g/mol. The first-order valence-corrected chi connectivity index (χ1v) is 12.0. The van der Waals surface area contributed by atoms with Crippen molar-refractivity contribution in [2.45, 2.75) is 58.4 Å². The van der Waals surface area contributed by atoms with E-state index in [1.54, 1.807) is 0 Å². The van der Waals surface area contributed by atoms with Crippen molar-refractivity contribution >= 4 is 24.1 Å². The van der Waals surface area contributed by atoms with Gasteiger partial charge in [-0.2, -0.15) is 0 Å². The first-order chi connectivity index (χ1) is 16.2.